The van der Waals surface area contributed by atoms with Crippen molar-refractivity contribution in [3.05, 3.63) is 41.9 Å². The van der Waals surface area contributed by atoms with E-state index in [0.29, 0.717) is 6.61 Å². The quantitative estimate of drug-likeness (QED) is 0.911. The Labute approximate surface area is 141 Å². The minimum absolute atomic E-state index is 0.0505. The molecule has 24 heavy (non-hydrogen) atoms. The van der Waals surface area contributed by atoms with Crippen molar-refractivity contribution >= 4 is 11.7 Å². The summed E-state index contributed by atoms with van der Waals surface area (Å²) in [6, 6.07) is 4.21. The van der Waals surface area contributed by atoms with Gasteiger partial charge in [-0.05, 0) is 36.1 Å². The number of fused-ring (bicyclic) bond motifs is 1. The number of aromatic nitrogens is 2. The smallest absolute Gasteiger partial charge is 0.248 e. The first kappa shape index (κ1) is 16.4. The molecule has 0 fully saturated rings. The Morgan fingerprint density at radius 3 is 2.92 bits per heavy atom. The maximum atomic E-state index is 11.5. The van der Waals surface area contributed by atoms with Crippen LogP contribution in [0.1, 0.15) is 17.5 Å². The van der Waals surface area contributed by atoms with Crippen LogP contribution in [-0.4, -0.2) is 48.0 Å². The maximum Gasteiger partial charge on any atom is 0.248 e. The molecule has 3 heterocycles. The van der Waals surface area contributed by atoms with Gasteiger partial charge in [-0.1, -0.05) is 0 Å². The van der Waals surface area contributed by atoms with E-state index in [2.05, 4.69) is 21.4 Å². The molecule has 0 saturated carbocycles. The van der Waals surface area contributed by atoms with Crippen LogP contribution in [0.5, 0.6) is 0 Å². The van der Waals surface area contributed by atoms with Crippen LogP contribution < -0.4 is 5.32 Å². The largest absolute Gasteiger partial charge is 0.370 e. The van der Waals surface area contributed by atoms with Crippen LogP contribution in [-0.2, 0) is 22.6 Å². The third kappa shape index (κ3) is 3.89. The van der Waals surface area contributed by atoms with Crippen LogP contribution in [0.3, 0.4) is 0 Å². The molecular formula is C18H22N4O2. The Balaban J connectivity index is 1.70. The Kier molecular flexibility index (Phi) is 5.05. The van der Waals surface area contributed by atoms with Gasteiger partial charge in [0.05, 0.1) is 6.61 Å². The van der Waals surface area contributed by atoms with Gasteiger partial charge in [-0.25, -0.2) is 4.98 Å². The van der Waals surface area contributed by atoms with Crippen molar-refractivity contribution in [1.82, 2.24) is 14.9 Å². The number of rotatable bonds is 5. The van der Waals surface area contributed by atoms with E-state index in [-0.39, 0.29) is 12.5 Å². The highest BCUT2D eigenvalue weighted by molar-refractivity contribution is 5.76. The van der Waals surface area contributed by atoms with Crippen molar-refractivity contribution in [3.8, 4) is 11.1 Å². The highest BCUT2D eigenvalue weighted by Crippen LogP contribution is 2.26. The normalized spacial score (nSPS) is 13.1. The third-order valence-corrected chi connectivity index (χ3v) is 4.00. The summed E-state index contributed by atoms with van der Waals surface area (Å²) in [7, 11) is 3.43. The number of carbonyl (C=O) groups excluding carboxylic acids is 1. The summed E-state index contributed by atoms with van der Waals surface area (Å²) in [6.07, 6.45) is 7.63. The second-order valence-electron chi connectivity index (χ2n) is 6.12. The van der Waals surface area contributed by atoms with Gasteiger partial charge in [0, 0.05) is 50.4 Å². The molecule has 0 aliphatic carbocycles. The van der Waals surface area contributed by atoms with Gasteiger partial charge < -0.3 is 15.0 Å². The van der Waals surface area contributed by atoms with Crippen molar-refractivity contribution in [2.45, 2.75) is 19.4 Å². The van der Waals surface area contributed by atoms with E-state index in [4.69, 9.17) is 4.74 Å². The molecule has 6 nitrogen and oxygen atoms in total. The summed E-state index contributed by atoms with van der Waals surface area (Å²) < 4.78 is 5.47. The van der Waals surface area contributed by atoms with Gasteiger partial charge in [-0.15, -0.1) is 0 Å². The predicted molar refractivity (Wildman–Crippen MR) is 92.6 cm³/mol. The lowest BCUT2D eigenvalue weighted by Crippen LogP contribution is -2.26. The van der Waals surface area contributed by atoms with E-state index in [0.717, 1.165) is 41.9 Å². The zero-order valence-corrected chi connectivity index (χ0v) is 14.1. The molecule has 0 atom stereocenters. The number of carbonyl (C=O) groups is 1. The molecule has 0 spiro atoms. The molecule has 126 valence electrons. The first-order valence-corrected chi connectivity index (χ1v) is 8.08. The summed E-state index contributed by atoms with van der Waals surface area (Å²) in [5.74, 6) is 0.935. The van der Waals surface area contributed by atoms with Crippen LogP contribution >= 0.6 is 0 Å². The fraction of sp³-hybridized carbons (Fsp3) is 0.389. The van der Waals surface area contributed by atoms with Crippen molar-refractivity contribution in [1.29, 1.82) is 0 Å². The molecule has 3 rings (SSSR count). The molecular weight excluding hydrogens is 304 g/mol. The lowest BCUT2D eigenvalue weighted by Gasteiger charge is -2.17. The highest BCUT2D eigenvalue weighted by atomic mass is 16.5. The van der Waals surface area contributed by atoms with Crippen LogP contribution in [0.2, 0.25) is 0 Å². The molecule has 1 amide bonds. The molecule has 2 aromatic heterocycles. The van der Waals surface area contributed by atoms with E-state index in [1.165, 1.54) is 10.5 Å². The van der Waals surface area contributed by atoms with Crippen LogP contribution in [0.15, 0.2) is 30.7 Å². The molecule has 0 radical (unpaired) electrons. The standard InChI is InChI=1S/C18H22N4O2/c1-22(2)17(23)12-24-11-13-6-15(9-19-8-13)16-7-14-4-3-5-20-18(14)21-10-16/h6-10H,3-5,11-12H2,1-2H3,(H,20,21). The van der Waals surface area contributed by atoms with Gasteiger partial charge in [0.2, 0.25) is 5.91 Å². The van der Waals surface area contributed by atoms with Gasteiger partial charge in [-0.3, -0.25) is 9.78 Å². The minimum Gasteiger partial charge on any atom is -0.370 e. The topological polar surface area (TPSA) is 67.4 Å². The number of hydrogen-bond acceptors (Lipinski definition) is 5. The van der Waals surface area contributed by atoms with Gasteiger partial charge in [0.15, 0.2) is 0 Å². The Morgan fingerprint density at radius 1 is 1.25 bits per heavy atom. The number of nitrogens with one attached hydrogen (secondary N) is 1. The van der Waals surface area contributed by atoms with E-state index in [9.17, 15) is 4.79 Å². The fourth-order valence-electron chi connectivity index (χ4n) is 2.61. The number of hydrogen-bond donors (Lipinski definition) is 1. The SMILES string of the molecule is CN(C)C(=O)COCc1cncc(-c2cnc3c(c2)CCCN3)c1. The van der Waals surface area contributed by atoms with E-state index in [1.54, 1.807) is 20.3 Å². The molecule has 0 saturated heterocycles. The number of amides is 1. The van der Waals surface area contributed by atoms with Gasteiger partial charge in [0.1, 0.15) is 12.4 Å². The summed E-state index contributed by atoms with van der Waals surface area (Å²) in [6.45, 7) is 1.42. The zero-order chi connectivity index (χ0) is 16.9. The van der Waals surface area contributed by atoms with E-state index < -0.39 is 0 Å². The Hall–Kier alpha value is -2.47. The average molecular weight is 326 g/mol. The first-order chi connectivity index (χ1) is 11.6. The minimum atomic E-state index is -0.0505. The van der Waals surface area contributed by atoms with Crippen LogP contribution in [0.25, 0.3) is 11.1 Å². The molecule has 1 aliphatic heterocycles. The summed E-state index contributed by atoms with van der Waals surface area (Å²) in [5, 5.41) is 3.32. The van der Waals surface area contributed by atoms with Crippen molar-refractivity contribution < 1.29 is 9.53 Å². The van der Waals surface area contributed by atoms with Gasteiger partial charge >= 0.3 is 0 Å². The number of ether oxygens (including phenoxy) is 1. The Bertz CT molecular complexity index is 731. The first-order valence-electron chi connectivity index (χ1n) is 8.08. The predicted octanol–water partition coefficient (Wildman–Crippen LogP) is 2.11. The molecule has 0 aromatic carbocycles. The molecule has 6 heteroatoms. The molecule has 1 N–H and O–H groups in total. The number of nitrogens with zero attached hydrogens (tertiary/aromatic N) is 3. The summed E-state index contributed by atoms with van der Waals surface area (Å²) in [4.78, 5) is 21.8. The number of anilines is 1. The van der Waals surface area contributed by atoms with Crippen molar-refractivity contribution in [2.24, 2.45) is 0 Å². The maximum absolute atomic E-state index is 11.5. The highest BCUT2D eigenvalue weighted by Gasteiger charge is 2.11. The number of aryl methyl sites for hydroxylation is 1. The van der Waals surface area contributed by atoms with Gasteiger partial charge in [0.25, 0.3) is 0 Å². The van der Waals surface area contributed by atoms with Crippen LogP contribution in [0, 0.1) is 0 Å². The molecule has 1 aliphatic rings. The van der Waals surface area contributed by atoms with Crippen molar-refractivity contribution in [3.63, 3.8) is 0 Å². The lowest BCUT2D eigenvalue weighted by atomic mass is 10.0. The second-order valence-corrected chi connectivity index (χ2v) is 6.12. The zero-order valence-electron chi connectivity index (χ0n) is 14.1. The Morgan fingerprint density at radius 2 is 2.08 bits per heavy atom. The third-order valence-electron chi connectivity index (χ3n) is 4.00. The van der Waals surface area contributed by atoms with E-state index in [1.807, 2.05) is 18.5 Å². The molecule has 0 unspecified atom stereocenters. The van der Waals surface area contributed by atoms with Crippen LogP contribution in [0.4, 0.5) is 5.82 Å². The van der Waals surface area contributed by atoms with E-state index >= 15 is 0 Å². The monoisotopic (exact) mass is 326 g/mol. The lowest BCUT2D eigenvalue weighted by molar-refractivity contribution is -0.133. The fourth-order valence-corrected chi connectivity index (χ4v) is 2.61. The molecule has 2 aromatic rings. The van der Waals surface area contributed by atoms with Gasteiger partial charge in [-0.2, -0.15) is 0 Å². The summed E-state index contributed by atoms with van der Waals surface area (Å²) in [5.41, 5.74) is 4.25. The molecule has 0 bridgehead atoms. The summed E-state index contributed by atoms with van der Waals surface area (Å²) >= 11 is 0. The van der Waals surface area contributed by atoms with Crippen molar-refractivity contribution in [2.75, 3.05) is 32.6 Å². The number of likely N-dealkylation sites (N-methyl/N-ethyl adjacent to an activating group) is 1. The average Bonchev–Trinajstić information content (AvgIpc) is 2.61. The number of pyridine rings is 2. The second kappa shape index (κ2) is 7.40.